The van der Waals surface area contributed by atoms with Gasteiger partial charge in [0.05, 0.1) is 11.6 Å². The topological polar surface area (TPSA) is 46.0 Å². The molecule has 1 heterocycles. The highest BCUT2D eigenvalue weighted by Crippen LogP contribution is 2.35. The van der Waals surface area contributed by atoms with E-state index in [1.807, 2.05) is 55.5 Å². The van der Waals surface area contributed by atoms with E-state index in [0.29, 0.717) is 6.42 Å². The van der Waals surface area contributed by atoms with Gasteiger partial charge in [0.25, 0.3) is 0 Å². The number of hydrogen-bond acceptors (Lipinski definition) is 4. The van der Waals surface area contributed by atoms with Gasteiger partial charge in [-0.1, -0.05) is 55.1 Å². The van der Waals surface area contributed by atoms with Crippen LogP contribution in [0.1, 0.15) is 25.0 Å². The van der Waals surface area contributed by atoms with Gasteiger partial charge in [0.2, 0.25) is 0 Å². The monoisotopic (exact) mass is 296 g/mol. The van der Waals surface area contributed by atoms with Crippen molar-refractivity contribution in [2.45, 2.75) is 29.4 Å². The summed E-state index contributed by atoms with van der Waals surface area (Å²) in [6.45, 7) is 1.98. The zero-order valence-corrected chi connectivity index (χ0v) is 12.5. The minimum atomic E-state index is -0.443. The minimum absolute atomic E-state index is 0.443. The molecule has 0 aliphatic rings. The maximum absolute atomic E-state index is 10.2. The lowest BCUT2D eigenvalue weighted by Gasteiger charge is -2.13. The van der Waals surface area contributed by atoms with Crippen LogP contribution < -0.4 is 0 Å². The van der Waals surface area contributed by atoms with Gasteiger partial charge in [-0.25, -0.2) is 9.97 Å². The number of hydrogen-bond donors (Lipinski definition) is 1. The summed E-state index contributed by atoms with van der Waals surface area (Å²) >= 11 is 1.58. The van der Waals surface area contributed by atoms with E-state index in [4.69, 9.17) is 0 Å². The van der Waals surface area contributed by atoms with Gasteiger partial charge in [0, 0.05) is 10.3 Å². The van der Waals surface area contributed by atoms with E-state index < -0.39 is 6.10 Å². The molecule has 4 heteroatoms. The smallest absolute Gasteiger partial charge is 0.117 e. The van der Waals surface area contributed by atoms with E-state index in [1.165, 1.54) is 0 Å². The average Bonchev–Trinajstić information content (AvgIpc) is 2.55. The lowest BCUT2D eigenvalue weighted by Crippen LogP contribution is -1.97. The van der Waals surface area contributed by atoms with Gasteiger partial charge in [-0.05, 0) is 24.1 Å². The SMILES string of the molecule is CC[C@@H](O)c1ccccc1Sc1ncnc2ccccc12. The largest absolute Gasteiger partial charge is 0.388 e. The van der Waals surface area contributed by atoms with Crippen molar-refractivity contribution >= 4 is 22.7 Å². The van der Waals surface area contributed by atoms with Crippen molar-refractivity contribution in [3.05, 3.63) is 60.4 Å². The van der Waals surface area contributed by atoms with Crippen LogP contribution in [0.25, 0.3) is 10.9 Å². The van der Waals surface area contributed by atoms with E-state index >= 15 is 0 Å². The zero-order chi connectivity index (χ0) is 14.7. The number of para-hydroxylation sites is 1. The Balaban J connectivity index is 2.03. The number of nitrogens with zero attached hydrogens (tertiary/aromatic N) is 2. The van der Waals surface area contributed by atoms with Gasteiger partial charge in [-0.3, -0.25) is 0 Å². The molecule has 0 saturated heterocycles. The first-order valence-electron chi connectivity index (χ1n) is 6.94. The molecule has 0 radical (unpaired) electrons. The fourth-order valence-electron chi connectivity index (χ4n) is 2.23. The van der Waals surface area contributed by atoms with Crippen molar-refractivity contribution in [1.82, 2.24) is 9.97 Å². The van der Waals surface area contributed by atoms with Gasteiger partial charge in [-0.2, -0.15) is 0 Å². The van der Waals surface area contributed by atoms with E-state index in [9.17, 15) is 5.11 Å². The van der Waals surface area contributed by atoms with Crippen LogP contribution in [0.4, 0.5) is 0 Å². The highest BCUT2D eigenvalue weighted by Gasteiger charge is 2.13. The molecular formula is C17H16N2OS. The number of aliphatic hydroxyl groups is 1. The molecule has 0 saturated carbocycles. The molecule has 3 rings (SSSR count). The van der Waals surface area contributed by atoms with Gasteiger partial charge in [-0.15, -0.1) is 0 Å². The molecule has 0 fully saturated rings. The Kier molecular flexibility index (Phi) is 4.18. The molecule has 2 aromatic carbocycles. The van der Waals surface area contributed by atoms with Crippen molar-refractivity contribution in [3.63, 3.8) is 0 Å². The molecule has 3 nitrogen and oxygen atoms in total. The molecule has 106 valence electrons. The van der Waals surface area contributed by atoms with Crippen molar-refractivity contribution in [1.29, 1.82) is 0 Å². The van der Waals surface area contributed by atoms with Crippen LogP contribution in [0.2, 0.25) is 0 Å². The molecule has 3 aromatic rings. The predicted molar refractivity (Wildman–Crippen MR) is 85.4 cm³/mol. The third kappa shape index (κ3) is 2.91. The second kappa shape index (κ2) is 6.24. The van der Waals surface area contributed by atoms with Crippen LogP contribution in [0, 0.1) is 0 Å². The van der Waals surface area contributed by atoms with E-state index in [1.54, 1.807) is 18.1 Å². The van der Waals surface area contributed by atoms with E-state index in [0.717, 1.165) is 26.4 Å². The number of aliphatic hydroxyl groups excluding tert-OH is 1. The molecule has 0 unspecified atom stereocenters. The quantitative estimate of drug-likeness (QED) is 0.732. The van der Waals surface area contributed by atoms with Crippen LogP contribution >= 0.6 is 11.8 Å². The maximum atomic E-state index is 10.2. The van der Waals surface area contributed by atoms with Crippen LogP contribution in [0.3, 0.4) is 0 Å². The number of fused-ring (bicyclic) bond motifs is 1. The van der Waals surface area contributed by atoms with Crippen LogP contribution in [-0.2, 0) is 0 Å². The summed E-state index contributed by atoms with van der Waals surface area (Å²) in [6.07, 6.45) is 1.84. The summed E-state index contributed by atoms with van der Waals surface area (Å²) in [5.41, 5.74) is 1.89. The van der Waals surface area contributed by atoms with Gasteiger partial charge < -0.3 is 5.11 Å². The highest BCUT2D eigenvalue weighted by molar-refractivity contribution is 7.99. The number of benzene rings is 2. The standard InChI is InChI=1S/C17H16N2OS/c1-2-15(20)13-8-4-6-10-16(13)21-17-12-7-3-5-9-14(12)18-11-19-17/h3-11,15,20H,2H2,1H3/t15-/m1/s1. The van der Waals surface area contributed by atoms with E-state index in [-0.39, 0.29) is 0 Å². The Morgan fingerprint density at radius 3 is 2.67 bits per heavy atom. The number of rotatable bonds is 4. The Morgan fingerprint density at radius 2 is 1.81 bits per heavy atom. The van der Waals surface area contributed by atoms with Crippen molar-refractivity contribution < 1.29 is 5.11 Å². The molecule has 0 aliphatic carbocycles. The van der Waals surface area contributed by atoms with Crippen molar-refractivity contribution in [2.75, 3.05) is 0 Å². The minimum Gasteiger partial charge on any atom is -0.388 e. The summed E-state index contributed by atoms with van der Waals surface area (Å²) < 4.78 is 0. The first-order valence-corrected chi connectivity index (χ1v) is 7.76. The van der Waals surface area contributed by atoms with Crippen LogP contribution in [0.5, 0.6) is 0 Å². The molecule has 0 aliphatic heterocycles. The van der Waals surface area contributed by atoms with Crippen molar-refractivity contribution in [2.24, 2.45) is 0 Å². The fourth-order valence-corrected chi connectivity index (χ4v) is 3.29. The number of aromatic nitrogens is 2. The van der Waals surface area contributed by atoms with Crippen LogP contribution in [-0.4, -0.2) is 15.1 Å². The van der Waals surface area contributed by atoms with Gasteiger partial charge >= 0.3 is 0 Å². The Labute approximate surface area is 128 Å². The second-order valence-corrected chi connectivity index (χ2v) is 5.79. The fraction of sp³-hybridized carbons (Fsp3) is 0.176. The average molecular weight is 296 g/mol. The Hall–Kier alpha value is -1.91. The molecule has 0 bridgehead atoms. The maximum Gasteiger partial charge on any atom is 0.117 e. The van der Waals surface area contributed by atoms with E-state index in [2.05, 4.69) is 9.97 Å². The Morgan fingerprint density at radius 1 is 1.05 bits per heavy atom. The zero-order valence-electron chi connectivity index (χ0n) is 11.7. The summed E-state index contributed by atoms with van der Waals surface area (Å²) in [7, 11) is 0. The second-order valence-electron chi connectivity index (χ2n) is 4.76. The normalized spacial score (nSPS) is 12.5. The third-order valence-electron chi connectivity index (χ3n) is 3.38. The summed E-state index contributed by atoms with van der Waals surface area (Å²) in [6, 6.07) is 15.9. The lowest BCUT2D eigenvalue weighted by atomic mass is 10.1. The molecule has 21 heavy (non-hydrogen) atoms. The van der Waals surface area contributed by atoms with Gasteiger partial charge in [0.1, 0.15) is 11.4 Å². The van der Waals surface area contributed by atoms with Gasteiger partial charge in [0.15, 0.2) is 0 Å². The molecule has 0 amide bonds. The first kappa shape index (κ1) is 14.0. The molecule has 1 atom stereocenters. The predicted octanol–water partition coefficient (Wildman–Crippen LogP) is 4.22. The summed E-state index contributed by atoms with van der Waals surface area (Å²) in [5, 5.41) is 12.1. The summed E-state index contributed by atoms with van der Waals surface area (Å²) in [5.74, 6) is 0. The highest BCUT2D eigenvalue weighted by atomic mass is 32.2. The molecule has 1 aromatic heterocycles. The Bertz CT molecular complexity index is 755. The third-order valence-corrected chi connectivity index (χ3v) is 4.49. The molecule has 0 spiro atoms. The lowest BCUT2D eigenvalue weighted by molar-refractivity contribution is 0.171. The van der Waals surface area contributed by atoms with Crippen molar-refractivity contribution in [3.8, 4) is 0 Å². The summed E-state index contributed by atoms with van der Waals surface area (Å²) in [4.78, 5) is 9.72. The first-order chi connectivity index (χ1) is 10.3. The van der Waals surface area contributed by atoms with Crippen LogP contribution in [0.15, 0.2) is 64.8 Å². The molecular weight excluding hydrogens is 280 g/mol. The molecule has 1 N–H and O–H groups in total.